The third-order valence-electron chi connectivity index (χ3n) is 3.03. The van der Waals surface area contributed by atoms with Gasteiger partial charge in [-0.25, -0.2) is 4.99 Å². The highest BCUT2D eigenvalue weighted by Crippen LogP contribution is 2.17. The number of aliphatic imine (C=N–C) groups is 1. The van der Waals surface area contributed by atoms with Crippen LogP contribution in [0.2, 0.25) is 0 Å². The van der Waals surface area contributed by atoms with Crippen molar-refractivity contribution in [2.24, 2.45) is 4.99 Å². The molecule has 0 spiro atoms. The second kappa shape index (κ2) is 9.83. The SMILES string of the molecule is CCNC(=NCc1cc(CC)no1)NC(C)c1cccs1.I. The van der Waals surface area contributed by atoms with Crippen molar-refractivity contribution in [1.82, 2.24) is 15.8 Å². The lowest BCUT2D eigenvalue weighted by Gasteiger charge is -2.16. The number of nitrogens with zero attached hydrogens (tertiary/aromatic N) is 2. The average molecular weight is 434 g/mol. The van der Waals surface area contributed by atoms with Gasteiger partial charge in [0.2, 0.25) is 0 Å². The molecule has 0 saturated heterocycles. The van der Waals surface area contributed by atoms with Crippen molar-refractivity contribution in [1.29, 1.82) is 0 Å². The van der Waals surface area contributed by atoms with E-state index < -0.39 is 0 Å². The van der Waals surface area contributed by atoms with Gasteiger partial charge in [-0.3, -0.25) is 0 Å². The Balaban J connectivity index is 0.00000242. The van der Waals surface area contributed by atoms with E-state index in [-0.39, 0.29) is 30.0 Å². The van der Waals surface area contributed by atoms with Crippen molar-refractivity contribution < 1.29 is 4.52 Å². The van der Waals surface area contributed by atoms with Crippen molar-refractivity contribution in [3.8, 4) is 0 Å². The van der Waals surface area contributed by atoms with Gasteiger partial charge < -0.3 is 15.2 Å². The standard InChI is InChI=1S/C15H22N4OS.HI/c1-4-12-9-13(20-19-12)10-17-15(16-5-2)18-11(3)14-7-6-8-21-14;/h6-9,11H,4-5,10H2,1-3H3,(H2,16,17,18);1H. The van der Waals surface area contributed by atoms with Crippen molar-refractivity contribution in [2.45, 2.75) is 39.8 Å². The number of aromatic nitrogens is 1. The van der Waals surface area contributed by atoms with E-state index >= 15 is 0 Å². The lowest BCUT2D eigenvalue weighted by Crippen LogP contribution is -2.38. The molecule has 2 rings (SSSR count). The zero-order valence-electron chi connectivity index (χ0n) is 13.1. The fourth-order valence-electron chi connectivity index (χ4n) is 1.89. The first-order valence-electron chi connectivity index (χ1n) is 7.25. The number of guanidine groups is 1. The third kappa shape index (κ3) is 5.60. The smallest absolute Gasteiger partial charge is 0.192 e. The van der Waals surface area contributed by atoms with E-state index in [0.29, 0.717) is 6.54 Å². The minimum Gasteiger partial charge on any atom is -0.359 e. The molecular formula is C15H23IN4OS. The molecule has 0 saturated carbocycles. The molecule has 0 aromatic carbocycles. The molecular weight excluding hydrogens is 411 g/mol. The molecule has 0 aliphatic carbocycles. The van der Waals surface area contributed by atoms with E-state index in [9.17, 15) is 0 Å². The maximum Gasteiger partial charge on any atom is 0.192 e. The second-order valence-electron chi connectivity index (χ2n) is 4.71. The van der Waals surface area contributed by atoms with Crippen molar-refractivity contribution in [3.05, 3.63) is 39.9 Å². The van der Waals surface area contributed by atoms with Crippen LogP contribution in [0.15, 0.2) is 33.1 Å². The van der Waals surface area contributed by atoms with Gasteiger partial charge >= 0.3 is 0 Å². The Hall–Kier alpha value is -1.09. The molecule has 122 valence electrons. The van der Waals surface area contributed by atoms with Crippen LogP contribution in [0.5, 0.6) is 0 Å². The zero-order valence-corrected chi connectivity index (χ0v) is 16.3. The van der Waals surface area contributed by atoms with Gasteiger partial charge in [0.15, 0.2) is 11.7 Å². The topological polar surface area (TPSA) is 62.5 Å². The van der Waals surface area contributed by atoms with Gasteiger partial charge in [0.1, 0.15) is 6.54 Å². The van der Waals surface area contributed by atoms with Crippen LogP contribution in [0.25, 0.3) is 0 Å². The maximum atomic E-state index is 5.25. The molecule has 5 nitrogen and oxygen atoms in total. The summed E-state index contributed by atoms with van der Waals surface area (Å²) in [6.07, 6.45) is 0.876. The van der Waals surface area contributed by atoms with Crippen LogP contribution in [0.4, 0.5) is 0 Å². The molecule has 2 heterocycles. The van der Waals surface area contributed by atoms with E-state index in [0.717, 1.165) is 30.4 Å². The first-order valence-corrected chi connectivity index (χ1v) is 8.13. The molecule has 1 unspecified atom stereocenters. The summed E-state index contributed by atoms with van der Waals surface area (Å²) in [6.45, 7) is 7.54. The van der Waals surface area contributed by atoms with Crippen LogP contribution in [-0.4, -0.2) is 17.7 Å². The summed E-state index contributed by atoms with van der Waals surface area (Å²) in [5.41, 5.74) is 0.963. The highest BCUT2D eigenvalue weighted by Gasteiger charge is 2.09. The molecule has 2 aromatic rings. The third-order valence-corrected chi connectivity index (χ3v) is 4.09. The molecule has 7 heteroatoms. The van der Waals surface area contributed by atoms with E-state index in [1.165, 1.54) is 4.88 Å². The van der Waals surface area contributed by atoms with Crippen LogP contribution < -0.4 is 10.6 Å². The number of nitrogens with one attached hydrogen (secondary N) is 2. The van der Waals surface area contributed by atoms with Gasteiger partial charge in [0, 0.05) is 17.5 Å². The van der Waals surface area contributed by atoms with E-state index in [2.05, 4.69) is 59.1 Å². The van der Waals surface area contributed by atoms with Crippen LogP contribution >= 0.6 is 35.3 Å². The molecule has 0 radical (unpaired) electrons. The lowest BCUT2D eigenvalue weighted by molar-refractivity contribution is 0.379. The zero-order chi connectivity index (χ0) is 15.1. The number of hydrogen-bond acceptors (Lipinski definition) is 4. The van der Waals surface area contributed by atoms with E-state index in [1.807, 2.05) is 6.07 Å². The summed E-state index contributed by atoms with van der Waals surface area (Å²) in [4.78, 5) is 5.83. The fourth-order valence-corrected chi connectivity index (χ4v) is 2.62. The maximum absolute atomic E-state index is 5.25. The van der Waals surface area contributed by atoms with Crippen LogP contribution in [-0.2, 0) is 13.0 Å². The Morgan fingerprint density at radius 1 is 1.45 bits per heavy atom. The fraction of sp³-hybridized carbons (Fsp3) is 0.467. The molecule has 0 aliphatic heterocycles. The Kier molecular flexibility index (Phi) is 8.47. The first-order chi connectivity index (χ1) is 10.2. The van der Waals surface area contributed by atoms with Gasteiger partial charge in [-0.05, 0) is 31.7 Å². The van der Waals surface area contributed by atoms with Gasteiger partial charge in [-0.2, -0.15) is 0 Å². The predicted octanol–water partition coefficient (Wildman–Crippen LogP) is 3.73. The van der Waals surface area contributed by atoms with Gasteiger partial charge in [-0.15, -0.1) is 35.3 Å². The lowest BCUT2D eigenvalue weighted by atomic mass is 10.3. The summed E-state index contributed by atoms with van der Waals surface area (Å²) in [5, 5.41) is 12.7. The normalized spacial score (nSPS) is 12.6. The molecule has 2 aromatic heterocycles. The molecule has 22 heavy (non-hydrogen) atoms. The molecule has 0 aliphatic rings. The van der Waals surface area contributed by atoms with Crippen LogP contribution in [0.1, 0.15) is 43.1 Å². The number of hydrogen-bond donors (Lipinski definition) is 2. The van der Waals surface area contributed by atoms with E-state index in [1.54, 1.807) is 11.3 Å². The first kappa shape index (κ1) is 19.0. The monoisotopic (exact) mass is 434 g/mol. The van der Waals surface area contributed by atoms with Gasteiger partial charge in [0.25, 0.3) is 0 Å². The predicted molar refractivity (Wildman–Crippen MR) is 102 cm³/mol. The summed E-state index contributed by atoms with van der Waals surface area (Å²) < 4.78 is 5.25. The molecule has 0 bridgehead atoms. The van der Waals surface area contributed by atoms with Crippen molar-refractivity contribution in [3.63, 3.8) is 0 Å². The minimum absolute atomic E-state index is 0. The van der Waals surface area contributed by atoms with Crippen LogP contribution in [0, 0.1) is 0 Å². The summed E-state index contributed by atoms with van der Waals surface area (Å²) in [6, 6.07) is 6.36. The summed E-state index contributed by atoms with van der Waals surface area (Å²) in [7, 11) is 0. The van der Waals surface area contributed by atoms with Crippen molar-refractivity contribution in [2.75, 3.05) is 6.54 Å². The second-order valence-corrected chi connectivity index (χ2v) is 5.69. The minimum atomic E-state index is 0. The number of aryl methyl sites for hydroxylation is 1. The Bertz CT molecular complexity index is 568. The number of thiophene rings is 1. The quantitative estimate of drug-likeness (QED) is 0.413. The number of rotatable bonds is 6. The van der Waals surface area contributed by atoms with Gasteiger partial charge in [-0.1, -0.05) is 18.1 Å². The Morgan fingerprint density at radius 2 is 2.27 bits per heavy atom. The Labute approximate surface area is 152 Å². The summed E-state index contributed by atoms with van der Waals surface area (Å²) in [5.74, 6) is 1.57. The summed E-state index contributed by atoms with van der Waals surface area (Å²) >= 11 is 1.74. The van der Waals surface area contributed by atoms with Crippen molar-refractivity contribution >= 4 is 41.3 Å². The van der Waals surface area contributed by atoms with E-state index in [4.69, 9.17) is 4.52 Å². The molecule has 0 fully saturated rings. The highest BCUT2D eigenvalue weighted by molar-refractivity contribution is 14.0. The largest absolute Gasteiger partial charge is 0.359 e. The Morgan fingerprint density at radius 3 is 2.86 bits per heavy atom. The molecule has 1 atom stereocenters. The highest BCUT2D eigenvalue weighted by atomic mass is 127. The molecule has 2 N–H and O–H groups in total. The van der Waals surface area contributed by atoms with Gasteiger partial charge in [0.05, 0.1) is 11.7 Å². The number of halogens is 1. The average Bonchev–Trinajstić information content (AvgIpc) is 3.16. The molecule has 0 amide bonds. The van der Waals surface area contributed by atoms with Crippen LogP contribution in [0.3, 0.4) is 0 Å².